The van der Waals surface area contributed by atoms with Gasteiger partial charge in [0, 0.05) is 26.4 Å². The summed E-state index contributed by atoms with van der Waals surface area (Å²) in [7, 11) is 0.724. The largest absolute Gasteiger partial charge is 0.500 e. The number of hydrogen-bond acceptors (Lipinski definition) is 3. The molecule has 5 heteroatoms. The molecule has 0 atom stereocenters. The van der Waals surface area contributed by atoms with E-state index in [1.165, 1.54) is 12.1 Å². The average molecular weight is 286 g/mol. The lowest BCUT2D eigenvalue weighted by atomic mass is 10.1. The molecule has 0 unspecified atom stereocenters. The van der Waals surface area contributed by atoms with Crippen LogP contribution in [-0.4, -0.2) is 29.1 Å². The summed E-state index contributed by atoms with van der Waals surface area (Å²) in [5.74, 6) is -0.204. The fourth-order valence-corrected chi connectivity index (χ4v) is 4.18. The van der Waals surface area contributed by atoms with Crippen LogP contribution in [0.4, 0.5) is 4.39 Å². The lowest BCUT2D eigenvalue weighted by Gasteiger charge is -2.28. The van der Waals surface area contributed by atoms with Crippen LogP contribution < -0.4 is 0 Å². The van der Waals surface area contributed by atoms with E-state index in [-0.39, 0.29) is 11.9 Å². The minimum atomic E-state index is -2.55. The highest BCUT2D eigenvalue weighted by molar-refractivity contribution is 6.60. The van der Waals surface area contributed by atoms with E-state index < -0.39 is 8.80 Å². The molecule has 0 radical (unpaired) electrons. The monoisotopic (exact) mass is 286 g/mol. The normalized spacial score (nSPS) is 12.1. The summed E-state index contributed by atoms with van der Waals surface area (Å²) in [6.45, 7) is 3.94. The first-order valence-corrected chi connectivity index (χ1v) is 8.47. The maximum absolute atomic E-state index is 12.8. The van der Waals surface area contributed by atoms with E-state index >= 15 is 0 Å². The molecule has 0 aliphatic heterocycles. The molecule has 3 nitrogen and oxygen atoms in total. The van der Waals surface area contributed by atoms with Crippen LogP contribution >= 0.6 is 0 Å². The number of rotatable bonds is 8. The van der Waals surface area contributed by atoms with E-state index in [0.29, 0.717) is 0 Å². The molecule has 0 bridgehead atoms. The second-order valence-corrected chi connectivity index (χ2v) is 7.66. The van der Waals surface area contributed by atoms with Crippen LogP contribution in [-0.2, 0) is 19.7 Å². The van der Waals surface area contributed by atoms with E-state index in [9.17, 15) is 4.39 Å². The highest BCUT2D eigenvalue weighted by Gasteiger charge is 2.39. The van der Waals surface area contributed by atoms with Crippen molar-refractivity contribution >= 4 is 8.80 Å². The molecule has 0 saturated heterocycles. The molecule has 0 aromatic heterocycles. The van der Waals surface area contributed by atoms with Gasteiger partial charge in [-0.3, -0.25) is 0 Å². The van der Waals surface area contributed by atoms with E-state index in [1.807, 2.05) is 26.0 Å². The van der Waals surface area contributed by atoms with Crippen molar-refractivity contribution in [2.45, 2.75) is 38.8 Å². The Balaban J connectivity index is 2.50. The summed E-state index contributed by atoms with van der Waals surface area (Å²) in [5.41, 5.74) is 1.11. The first-order valence-electron chi connectivity index (χ1n) is 6.54. The third-order valence-electron chi connectivity index (χ3n) is 2.90. The van der Waals surface area contributed by atoms with Gasteiger partial charge >= 0.3 is 8.80 Å². The fourth-order valence-electron chi connectivity index (χ4n) is 1.96. The van der Waals surface area contributed by atoms with E-state index in [2.05, 4.69) is 0 Å². The van der Waals surface area contributed by atoms with Crippen LogP contribution in [0.5, 0.6) is 0 Å². The van der Waals surface area contributed by atoms with Gasteiger partial charge in [0.25, 0.3) is 0 Å². The predicted molar refractivity (Wildman–Crippen MR) is 75.5 cm³/mol. The van der Waals surface area contributed by atoms with Gasteiger partial charge in [0.05, 0.1) is 0 Å². The van der Waals surface area contributed by atoms with Gasteiger partial charge in [-0.05, 0) is 44.4 Å². The van der Waals surface area contributed by atoms with Crippen LogP contribution in [0.1, 0.15) is 25.8 Å². The summed E-state index contributed by atoms with van der Waals surface area (Å²) >= 11 is 0. The Morgan fingerprint density at radius 2 is 1.68 bits per heavy atom. The molecular weight excluding hydrogens is 263 g/mol. The van der Waals surface area contributed by atoms with Gasteiger partial charge in [-0.1, -0.05) is 12.1 Å². The lowest BCUT2D eigenvalue weighted by molar-refractivity contribution is 0.0695. The van der Waals surface area contributed by atoms with E-state index in [0.717, 1.165) is 24.4 Å². The third-order valence-corrected chi connectivity index (χ3v) is 5.94. The molecule has 0 N–H and O–H groups in total. The number of aryl methyl sites for hydroxylation is 1. The zero-order chi connectivity index (χ0) is 14.3. The topological polar surface area (TPSA) is 27.7 Å². The van der Waals surface area contributed by atoms with Crippen molar-refractivity contribution in [3.8, 4) is 0 Å². The number of halogens is 1. The molecule has 1 aromatic rings. The first-order chi connectivity index (χ1) is 9.01. The van der Waals surface area contributed by atoms with Gasteiger partial charge in [-0.25, -0.2) is 4.39 Å². The summed E-state index contributed by atoms with van der Waals surface area (Å²) in [5, 5.41) is 0. The lowest BCUT2D eigenvalue weighted by Crippen LogP contribution is -2.45. The Hall–Kier alpha value is -0.753. The van der Waals surface area contributed by atoms with Gasteiger partial charge < -0.3 is 13.3 Å². The van der Waals surface area contributed by atoms with Crippen LogP contribution in [0.2, 0.25) is 6.04 Å². The van der Waals surface area contributed by atoms with Gasteiger partial charge in [0.1, 0.15) is 5.82 Å². The molecule has 0 aliphatic rings. The van der Waals surface area contributed by atoms with Crippen molar-refractivity contribution < 1.29 is 17.7 Å². The van der Waals surface area contributed by atoms with Crippen molar-refractivity contribution in [2.24, 2.45) is 0 Å². The Bertz CT molecular complexity index is 363. The molecule has 0 saturated carbocycles. The molecule has 0 aliphatic carbocycles. The smallest absolute Gasteiger partial charge is 0.377 e. The molecule has 0 heterocycles. The van der Waals surface area contributed by atoms with Gasteiger partial charge in [0.15, 0.2) is 0 Å². The highest BCUT2D eigenvalue weighted by Crippen LogP contribution is 2.20. The summed E-state index contributed by atoms with van der Waals surface area (Å²) in [6.07, 6.45) is 1.84. The summed E-state index contributed by atoms with van der Waals surface area (Å²) in [6, 6.07) is 7.34. The van der Waals surface area contributed by atoms with E-state index in [4.69, 9.17) is 13.3 Å². The van der Waals surface area contributed by atoms with Gasteiger partial charge in [-0.15, -0.1) is 0 Å². The SMILES string of the molecule is CO[Si](CCCc1ccc(F)cc1)(OC)OC(C)C. The minimum Gasteiger partial charge on any atom is -0.377 e. The van der Waals surface area contributed by atoms with Crippen molar-refractivity contribution in [1.29, 1.82) is 0 Å². The molecule has 0 amide bonds. The highest BCUT2D eigenvalue weighted by atomic mass is 28.4. The second kappa shape index (κ2) is 7.74. The van der Waals surface area contributed by atoms with Gasteiger partial charge in [-0.2, -0.15) is 0 Å². The quantitative estimate of drug-likeness (QED) is 0.685. The van der Waals surface area contributed by atoms with Crippen molar-refractivity contribution in [2.75, 3.05) is 14.2 Å². The van der Waals surface area contributed by atoms with Gasteiger partial charge in [0.2, 0.25) is 0 Å². The van der Waals surface area contributed by atoms with E-state index in [1.54, 1.807) is 14.2 Å². The Kier molecular flexibility index (Phi) is 6.64. The summed E-state index contributed by atoms with van der Waals surface area (Å²) in [4.78, 5) is 0. The maximum Gasteiger partial charge on any atom is 0.500 e. The van der Waals surface area contributed by atoms with Crippen LogP contribution in [0.25, 0.3) is 0 Å². The molecule has 0 spiro atoms. The second-order valence-electron chi connectivity index (χ2n) is 4.74. The summed E-state index contributed by atoms with van der Waals surface area (Å²) < 4.78 is 29.6. The zero-order valence-electron chi connectivity index (χ0n) is 12.1. The predicted octanol–water partition coefficient (Wildman–Crippen LogP) is 3.42. The van der Waals surface area contributed by atoms with Crippen LogP contribution in [0.3, 0.4) is 0 Å². The molecule has 1 aromatic carbocycles. The van der Waals surface area contributed by atoms with Crippen molar-refractivity contribution in [1.82, 2.24) is 0 Å². The Labute approximate surface area is 116 Å². The van der Waals surface area contributed by atoms with Crippen molar-refractivity contribution in [3.63, 3.8) is 0 Å². The zero-order valence-corrected chi connectivity index (χ0v) is 13.1. The third kappa shape index (κ3) is 5.40. The van der Waals surface area contributed by atoms with Crippen LogP contribution in [0.15, 0.2) is 24.3 Å². The average Bonchev–Trinajstić information content (AvgIpc) is 2.39. The van der Waals surface area contributed by atoms with Crippen molar-refractivity contribution in [3.05, 3.63) is 35.6 Å². The first kappa shape index (κ1) is 16.3. The number of benzene rings is 1. The number of hydrogen-bond donors (Lipinski definition) is 0. The maximum atomic E-state index is 12.8. The Morgan fingerprint density at radius 3 is 2.16 bits per heavy atom. The minimum absolute atomic E-state index is 0.0809. The van der Waals surface area contributed by atoms with Crippen LogP contribution in [0, 0.1) is 5.82 Å². The molecule has 19 heavy (non-hydrogen) atoms. The molecule has 1 rings (SSSR count). The molecule has 0 fully saturated rings. The molecular formula is C14H23FO3Si. The fraction of sp³-hybridized carbons (Fsp3) is 0.571. The standard InChI is InChI=1S/C14H23FO3Si/c1-12(2)18-19(16-3,17-4)11-5-6-13-7-9-14(15)10-8-13/h7-10,12H,5-6,11H2,1-4H3. The Morgan fingerprint density at radius 1 is 1.11 bits per heavy atom. The molecule has 108 valence electrons.